The first kappa shape index (κ1) is 18.6. The SMILES string of the molecule is O=C(Nc1cccc(C(=O)c2ccccc2)c1)C(=O)N[C@H]1CCc2cn[nH]c2C1. The molecule has 1 aromatic heterocycles. The fourth-order valence-corrected chi connectivity index (χ4v) is 3.46. The van der Waals surface area contributed by atoms with Crippen molar-refractivity contribution in [3.8, 4) is 0 Å². The maximum Gasteiger partial charge on any atom is 0.313 e. The number of nitrogens with one attached hydrogen (secondary N) is 3. The van der Waals surface area contributed by atoms with Crippen LogP contribution in [0.1, 0.15) is 33.6 Å². The number of fused-ring (bicyclic) bond motifs is 1. The second-order valence-electron chi connectivity index (χ2n) is 7.02. The van der Waals surface area contributed by atoms with Crippen LogP contribution in [0.2, 0.25) is 0 Å². The number of nitrogens with zero attached hydrogens (tertiary/aromatic N) is 1. The van der Waals surface area contributed by atoms with E-state index in [9.17, 15) is 14.4 Å². The number of carbonyl (C=O) groups excluding carboxylic acids is 3. The Balaban J connectivity index is 1.38. The molecule has 4 rings (SSSR count). The van der Waals surface area contributed by atoms with E-state index in [2.05, 4.69) is 20.8 Å². The van der Waals surface area contributed by atoms with Crippen molar-refractivity contribution in [2.24, 2.45) is 0 Å². The lowest BCUT2D eigenvalue weighted by Crippen LogP contribution is -2.44. The predicted octanol–water partition coefficient (Wildman–Crippen LogP) is 2.25. The Hall–Kier alpha value is -3.74. The summed E-state index contributed by atoms with van der Waals surface area (Å²) in [4.78, 5) is 37.2. The van der Waals surface area contributed by atoms with Crippen LogP contribution < -0.4 is 10.6 Å². The highest BCUT2D eigenvalue weighted by atomic mass is 16.2. The molecule has 0 aliphatic heterocycles. The molecule has 3 aromatic rings. The quantitative estimate of drug-likeness (QED) is 0.471. The Labute approximate surface area is 167 Å². The van der Waals surface area contributed by atoms with Gasteiger partial charge in [0.05, 0.1) is 6.20 Å². The molecule has 1 heterocycles. The van der Waals surface area contributed by atoms with Gasteiger partial charge in [0.2, 0.25) is 0 Å². The first-order valence-electron chi connectivity index (χ1n) is 9.43. The molecule has 2 aromatic carbocycles. The number of aromatic amines is 1. The van der Waals surface area contributed by atoms with E-state index in [1.165, 1.54) is 0 Å². The Morgan fingerprint density at radius 3 is 2.59 bits per heavy atom. The summed E-state index contributed by atoms with van der Waals surface area (Å²) >= 11 is 0. The highest BCUT2D eigenvalue weighted by Gasteiger charge is 2.24. The molecule has 0 unspecified atom stereocenters. The molecule has 7 heteroatoms. The lowest BCUT2D eigenvalue weighted by molar-refractivity contribution is -0.136. The average Bonchev–Trinajstić information content (AvgIpc) is 3.22. The first-order chi connectivity index (χ1) is 14.1. The molecule has 3 N–H and O–H groups in total. The smallest absolute Gasteiger partial charge is 0.313 e. The third kappa shape index (κ3) is 4.24. The minimum atomic E-state index is -0.760. The first-order valence-corrected chi connectivity index (χ1v) is 9.43. The molecule has 0 bridgehead atoms. The van der Waals surface area contributed by atoms with Gasteiger partial charge in [0.15, 0.2) is 5.78 Å². The van der Waals surface area contributed by atoms with Crippen molar-refractivity contribution in [3.63, 3.8) is 0 Å². The van der Waals surface area contributed by atoms with Crippen molar-refractivity contribution in [3.05, 3.63) is 83.2 Å². The zero-order valence-corrected chi connectivity index (χ0v) is 15.6. The molecule has 1 atom stereocenters. The summed E-state index contributed by atoms with van der Waals surface area (Å²) in [6.45, 7) is 0. The Bertz CT molecular complexity index is 1060. The van der Waals surface area contributed by atoms with Gasteiger partial charge >= 0.3 is 11.8 Å². The zero-order chi connectivity index (χ0) is 20.2. The average molecular weight is 388 g/mol. The number of aromatic nitrogens is 2. The number of ketones is 1. The Morgan fingerprint density at radius 2 is 1.76 bits per heavy atom. The standard InChI is InChI=1S/C22H20N4O3/c27-20(14-5-2-1-3-6-14)15-7-4-8-17(11-15)24-21(28)22(29)25-18-10-9-16-13-23-26-19(16)12-18/h1-8,11,13,18H,9-10,12H2,(H,23,26)(H,24,28)(H,25,29)/t18-/m0/s1. The third-order valence-corrected chi connectivity index (χ3v) is 4.98. The van der Waals surface area contributed by atoms with E-state index in [0.717, 1.165) is 24.1 Å². The summed E-state index contributed by atoms with van der Waals surface area (Å²) in [5.74, 6) is -1.61. The van der Waals surface area contributed by atoms with Crippen molar-refractivity contribution < 1.29 is 14.4 Å². The number of hydrogen-bond acceptors (Lipinski definition) is 4. The highest BCUT2D eigenvalue weighted by molar-refractivity contribution is 6.39. The third-order valence-electron chi connectivity index (χ3n) is 4.98. The second kappa shape index (κ2) is 8.10. The van der Waals surface area contributed by atoms with E-state index in [0.29, 0.717) is 23.2 Å². The fourth-order valence-electron chi connectivity index (χ4n) is 3.46. The molecule has 0 fully saturated rings. The van der Waals surface area contributed by atoms with Crippen LogP contribution in [0.25, 0.3) is 0 Å². The molecule has 0 radical (unpaired) electrons. The van der Waals surface area contributed by atoms with Crippen molar-refractivity contribution >= 4 is 23.3 Å². The summed E-state index contributed by atoms with van der Waals surface area (Å²) in [6, 6.07) is 15.3. The molecule has 1 aliphatic carbocycles. The van der Waals surface area contributed by atoms with Crippen LogP contribution in [0.3, 0.4) is 0 Å². The maximum absolute atomic E-state index is 12.6. The van der Waals surface area contributed by atoms with E-state index < -0.39 is 11.8 Å². The van der Waals surface area contributed by atoms with Crippen LogP contribution >= 0.6 is 0 Å². The number of aryl methyl sites for hydroxylation is 1. The maximum atomic E-state index is 12.6. The minimum absolute atomic E-state index is 0.118. The second-order valence-corrected chi connectivity index (χ2v) is 7.02. The lowest BCUT2D eigenvalue weighted by Gasteiger charge is -2.22. The lowest BCUT2D eigenvalue weighted by atomic mass is 9.94. The molecule has 0 spiro atoms. The van der Waals surface area contributed by atoms with Crippen molar-refractivity contribution in [1.82, 2.24) is 15.5 Å². The fraction of sp³-hybridized carbons (Fsp3) is 0.182. The predicted molar refractivity (Wildman–Crippen MR) is 107 cm³/mol. The number of benzene rings is 2. The van der Waals surface area contributed by atoms with E-state index >= 15 is 0 Å². The largest absolute Gasteiger partial charge is 0.345 e. The summed E-state index contributed by atoms with van der Waals surface area (Å²) in [7, 11) is 0. The normalized spacial score (nSPS) is 15.2. The Morgan fingerprint density at radius 1 is 0.966 bits per heavy atom. The van der Waals surface area contributed by atoms with Gasteiger partial charge in [0, 0.05) is 35.0 Å². The number of carbonyl (C=O) groups is 3. The van der Waals surface area contributed by atoms with E-state index in [-0.39, 0.29) is 11.8 Å². The van der Waals surface area contributed by atoms with Crippen molar-refractivity contribution in [2.75, 3.05) is 5.32 Å². The van der Waals surface area contributed by atoms with Crippen LogP contribution in [0.5, 0.6) is 0 Å². The summed E-state index contributed by atoms with van der Waals surface area (Å²) in [5.41, 5.74) is 3.54. The van der Waals surface area contributed by atoms with Gasteiger partial charge in [-0.2, -0.15) is 5.10 Å². The van der Waals surface area contributed by atoms with Crippen LogP contribution in [-0.4, -0.2) is 33.8 Å². The minimum Gasteiger partial charge on any atom is -0.345 e. The molecule has 7 nitrogen and oxygen atoms in total. The van der Waals surface area contributed by atoms with E-state index in [4.69, 9.17) is 0 Å². The summed E-state index contributed by atoms with van der Waals surface area (Å²) in [5, 5.41) is 12.3. The topological polar surface area (TPSA) is 104 Å². The van der Waals surface area contributed by atoms with Gasteiger partial charge in [-0.15, -0.1) is 0 Å². The molecular weight excluding hydrogens is 368 g/mol. The van der Waals surface area contributed by atoms with E-state index in [1.54, 1.807) is 54.7 Å². The molecule has 29 heavy (non-hydrogen) atoms. The van der Waals surface area contributed by atoms with Crippen molar-refractivity contribution in [1.29, 1.82) is 0 Å². The molecular formula is C22H20N4O3. The Kier molecular flexibility index (Phi) is 5.20. The summed E-state index contributed by atoms with van der Waals surface area (Å²) < 4.78 is 0. The molecule has 146 valence electrons. The van der Waals surface area contributed by atoms with Gasteiger partial charge < -0.3 is 10.6 Å². The van der Waals surface area contributed by atoms with Gasteiger partial charge in [0.25, 0.3) is 0 Å². The number of anilines is 1. The van der Waals surface area contributed by atoms with Crippen LogP contribution in [-0.2, 0) is 22.4 Å². The molecule has 0 saturated carbocycles. The number of amides is 2. The van der Waals surface area contributed by atoms with Gasteiger partial charge in [-0.3, -0.25) is 19.5 Å². The summed E-state index contributed by atoms with van der Waals surface area (Å²) in [6.07, 6.45) is 3.98. The van der Waals surface area contributed by atoms with Gasteiger partial charge in [0.1, 0.15) is 0 Å². The van der Waals surface area contributed by atoms with Gasteiger partial charge in [-0.05, 0) is 30.5 Å². The zero-order valence-electron chi connectivity index (χ0n) is 15.6. The van der Waals surface area contributed by atoms with E-state index in [1.807, 2.05) is 6.07 Å². The van der Waals surface area contributed by atoms with Gasteiger partial charge in [-0.25, -0.2) is 0 Å². The highest BCUT2D eigenvalue weighted by Crippen LogP contribution is 2.19. The molecule has 0 saturated heterocycles. The van der Waals surface area contributed by atoms with Crippen LogP contribution in [0.15, 0.2) is 60.8 Å². The van der Waals surface area contributed by atoms with Crippen molar-refractivity contribution in [2.45, 2.75) is 25.3 Å². The number of H-pyrrole nitrogens is 1. The monoisotopic (exact) mass is 388 g/mol. The number of hydrogen-bond donors (Lipinski definition) is 3. The molecule has 2 amide bonds. The van der Waals surface area contributed by atoms with Gasteiger partial charge in [-0.1, -0.05) is 42.5 Å². The van der Waals surface area contributed by atoms with Crippen LogP contribution in [0.4, 0.5) is 5.69 Å². The molecule has 1 aliphatic rings. The van der Waals surface area contributed by atoms with Crippen LogP contribution in [0, 0.1) is 0 Å². The number of rotatable bonds is 4.